The molecule has 0 saturated heterocycles. The van der Waals surface area contributed by atoms with Crippen molar-refractivity contribution < 1.29 is 4.74 Å². The summed E-state index contributed by atoms with van der Waals surface area (Å²) in [4.78, 5) is 4.35. The Morgan fingerprint density at radius 3 is 3.05 bits per heavy atom. The molecule has 1 aliphatic rings. The number of benzene rings is 1. The molecule has 0 aliphatic carbocycles. The monoisotopic (exact) mass is 282 g/mol. The van der Waals surface area contributed by atoms with E-state index >= 15 is 0 Å². The summed E-state index contributed by atoms with van der Waals surface area (Å²) >= 11 is 0. The molecule has 6 nitrogen and oxygen atoms in total. The van der Waals surface area contributed by atoms with Gasteiger partial charge in [0.05, 0.1) is 18.5 Å². The summed E-state index contributed by atoms with van der Waals surface area (Å²) in [5.74, 6) is 0.808. The van der Waals surface area contributed by atoms with E-state index in [0.29, 0.717) is 6.67 Å². The minimum atomic E-state index is 0.632. The van der Waals surface area contributed by atoms with Crippen LogP contribution in [0.25, 0.3) is 0 Å². The van der Waals surface area contributed by atoms with Crippen molar-refractivity contribution in [3.05, 3.63) is 54.4 Å². The first-order valence-corrected chi connectivity index (χ1v) is 6.75. The number of ether oxygens (including phenoxy) is 1. The summed E-state index contributed by atoms with van der Waals surface area (Å²) in [6, 6.07) is 14.5. The van der Waals surface area contributed by atoms with Gasteiger partial charge in [0.1, 0.15) is 12.4 Å². The van der Waals surface area contributed by atoms with Crippen molar-refractivity contribution in [2.24, 2.45) is 10.4 Å². The molecular weight excluding hydrogens is 266 g/mol. The van der Waals surface area contributed by atoms with Crippen LogP contribution < -0.4 is 9.75 Å². The Morgan fingerprint density at radius 2 is 2.24 bits per heavy atom. The summed E-state index contributed by atoms with van der Waals surface area (Å²) in [7, 11) is 1.66. The number of hydrogen-bond donors (Lipinski definition) is 0. The molecule has 0 atom stereocenters. The van der Waals surface area contributed by atoms with E-state index in [9.17, 15) is 0 Å². The Bertz CT molecular complexity index is 616. The lowest BCUT2D eigenvalue weighted by atomic mass is 10.2. The smallest absolute Gasteiger partial charge is 0.140 e. The van der Waals surface area contributed by atoms with Crippen LogP contribution in [0.4, 0.5) is 5.69 Å². The van der Waals surface area contributed by atoms with E-state index in [-0.39, 0.29) is 0 Å². The molecule has 0 spiro atoms. The van der Waals surface area contributed by atoms with Crippen LogP contribution in [-0.2, 0) is 6.42 Å². The first kappa shape index (κ1) is 13.4. The zero-order valence-corrected chi connectivity index (χ0v) is 11.8. The van der Waals surface area contributed by atoms with Crippen LogP contribution in [0.15, 0.2) is 53.0 Å². The standard InChI is InChI=1S/C15H16N5O/c1-21-15-8-5-10-16-14(15)9-11-19-12-20(18-17-19)13-6-3-2-4-7-13/h2-3,5-8,10H,9,11-12H2,1H3. The Morgan fingerprint density at radius 1 is 1.29 bits per heavy atom. The van der Waals surface area contributed by atoms with Crippen LogP contribution in [0.1, 0.15) is 5.69 Å². The maximum Gasteiger partial charge on any atom is 0.140 e. The van der Waals surface area contributed by atoms with Crippen LogP contribution in [-0.4, -0.2) is 30.3 Å². The molecule has 3 rings (SSSR count). The summed E-state index contributed by atoms with van der Waals surface area (Å²) in [6.07, 6.45) is 2.53. The maximum atomic E-state index is 5.30. The van der Waals surface area contributed by atoms with Crippen molar-refractivity contribution in [2.75, 3.05) is 25.3 Å². The number of hydrogen-bond acceptors (Lipinski definition) is 6. The van der Waals surface area contributed by atoms with Gasteiger partial charge in [-0.2, -0.15) is 0 Å². The lowest BCUT2D eigenvalue weighted by Gasteiger charge is -2.16. The summed E-state index contributed by atoms with van der Waals surface area (Å²) in [6.45, 7) is 1.37. The highest BCUT2D eigenvalue weighted by Crippen LogP contribution is 2.20. The van der Waals surface area contributed by atoms with Gasteiger partial charge in [-0.15, -0.1) is 0 Å². The van der Waals surface area contributed by atoms with Crippen LogP contribution in [0, 0.1) is 6.07 Å². The first-order valence-electron chi connectivity index (χ1n) is 6.75. The molecule has 0 fully saturated rings. The fourth-order valence-electron chi connectivity index (χ4n) is 2.14. The molecular formula is C15H16N5O. The topological polar surface area (TPSA) is 53.3 Å². The van der Waals surface area contributed by atoms with Gasteiger partial charge in [-0.1, -0.05) is 17.4 Å². The maximum absolute atomic E-state index is 5.30. The Labute approximate surface area is 123 Å². The van der Waals surface area contributed by atoms with Gasteiger partial charge in [-0.3, -0.25) is 9.99 Å². The molecule has 21 heavy (non-hydrogen) atoms. The zero-order valence-electron chi connectivity index (χ0n) is 11.8. The molecule has 0 N–H and O–H groups in total. The van der Waals surface area contributed by atoms with Crippen molar-refractivity contribution in [1.29, 1.82) is 0 Å². The van der Waals surface area contributed by atoms with Crippen molar-refractivity contribution >= 4 is 5.69 Å². The van der Waals surface area contributed by atoms with E-state index in [1.807, 2.05) is 46.4 Å². The fraction of sp³-hybridized carbons (Fsp3) is 0.267. The third kappa shape index (κ3) is 3.10. The number of methoxy groups -OCH3 is 1. The van der Waals surface area contributed by atoms with Gasteiger partial charge in [0, 0.05) is 19.2 Å². The molecule has 1 aromatic heterocycles. The second-order valence-corrected chi connectivity index (χ2v) is 4.61. The quantitative estimate of drug-likeness (QED) is 0.845. The van der Waals surface area contributed by atoms with E-state index in [1.54, 1.807) is 13.3 Å². The van der Waals surface area contributed by atoms with Gasteiger partial charge in [-0.05, 0) is 35.6 Å². The highest BCUT2D eigenvalue weighted by atomic mass is 16.5. The third-order valence-corrected chi connectivity index (χ3v) is 3.24. The predicted molar refractivity (Wildman–Crippen MR) is 78.7 cm³/mol. The summed E-state index contributed by atoms with van der Waals surface area (Å²) in [5, 5.41) is 12.1. The molecule has 2 aromatic rings. The number of pyridine rings is 1. The number of anilines is 1. The van der Waals surface area contributed by atoms with Crippen LogP contribution in [0.2, 0.25) is 0 Å². The highest BCUT2D eigenvalue weighted by Gasteiger charge is 2.17. The average Bonchev–Trinajstić information content (AvgIpc) is 3.03. The second kappa shape index (κ2) is 6.21. The first-order chi connectivity index (χ1) is 10.4. The largest absolute Gasteiger partial charge is 0.495 e. The Kier molecular flexibility index (Phi) is 3.95. The van der Waals surface area contributed by atoms with E-state index in [0.717, 1.165) is 30.1 Å². The lowest BCUT2D eigenvalue weighted by molar-refractivity contribution is 0.315. The van der Waals surface area contributed by atoms with Gasteiger partial charge >= 0.3 is 0 Å². The Balaban J connectivity index is 1.57. The van der Waals surface area contributed by atoms with Gasteiger partial charge in [0.2, 0.25) is 0 Å². The minimum Gasteiger partial charge on any atom is -0.495 e. The van der Waals surface area contributed by atoms with Crippen LogP contribution in [0.3, 0.4) is 0 Å². The van der Waals surface area contributed by atoms with Crippen molar-refractivity contribution in [2.45, 2.75) is 6.42 Å². The van der Waals surface area contributed by atoms with Gasteiger partial charge in [0.15, 0.2) is 0 Å². The molecule has 1 aliphatic heterocycles. The van der Waals surface area contributed by atoms with E-state index < -0.39 is 0 Å². The van der Waals surface area contributed by atoms with Gasteiger partial charge < -0.3 is 4.74 Å². The second-order valence-electron chi connectivity index (χ2n) is 4.61. The molecule has 1 radical (unpaired) electrons. The average molecular weight is 282 g/mol. The molecule has 6 heteroatoms. The lowest BCUT2D eigenvalue weighted by Crippen LogP contribution is -2.26. The Hall–Kier alpha value is -2.63. The van der Waals surface area contributed by atoms with Crippen molar-refractivity contribution in [1.82, 2.24) is 9.99 Å². The molecule has 107 valence electrons. The van der Waals surface area contributed by atoms with E-state index in [4.69, 9.17) is 4.74 Å². The molecule has 0 amide bonds. The normalized spacial score (nSPS) is 13.8. The fourth-order valence-corrected chi connectivity index (χ4v) is 2.14. The number of rotatable bonds is 5. The van der Waals surface area contributed by atoms with Crippen molar-refractivity contribution in [3.8, 4) is 5.75 Å². The molecule has 2 heterocycles. The summed E-state index contributed by atoms with van der Waals surface area (Å²) < 4.78 is 5.30. The zero-order chi connectivity index (χ0) is 14.5. The number of aromatic nitrogens is 1. The van der Waals surface area contributed by atoms with Crippen molar-refractivity contribution in [3.63, 3.8) is 0 Å². The van der Waals surface area contributed by atoms with Gasteiger partial charge in [0.25, 0.3) is 0 Å². The SMILES string of the molecule is COc1cccnc1CCN1CN(c2c[c]ccc2)N=N1. The summed E-state index contributed by atoms with van der Waals surface area (Å²) in [5.41, 5.74) is 1.92. The van der Waals surface area contributed by atoms with E-state index in [2.05, 4.69) is 21.5 Å². The number of nitrogens with zero attached hydrogens (tertiary/aromatic N) is 5. The third-order valence-electron chi connectivity index (χ3n) is 3.24. The molecule has 0 saturated carbocycles. The predicted octanol–water partition coefficient (Wildman–Crippen LogP) is 2.49. The molecule has 0 bridgehead atoms. The van der Waals surface area contributed by atoms with Crippen LogP contribution >= 0.6 is 0 Å². The minimum absolute atomic E-state index is 0.632. The van der Waals surface area contributed by atoms with Gasteiger partial charge in [-0.25, -0.2) is 5.01 Å². The molecule has 1 aromatic carbocycles. The van der Waals surface area contributed by atoms with E-state index in [1.165, 1.54) is 0 Å². The molecule has 0 unspecified atom stereocenters. The van der Waals surface area contributed by atoms with Crippen LogP contribution in [0.5, 0.6) is 5.75 Å². The highest BCUT2D eigenvalue weighted by molar-refractivity contribution is 5.44.